The fourth-order valence-corrected chi connectivity index (χ4v) is 1.40. The average Bonchev–Trinajstić information content (AvgIpc) is 2.70. The van der Waals surface area contributed by atoms with Crippen LogP contribution in [0.3, 0.4) is 0 Å². The Kier molecular flexibility index (Phi) is 8.13. The molecule has 4 heteroatoms. The van der Waals surface area contributed by atoms with Crippen LogP contribution >= 0.6 is 0 Å². The quantitative estimate of drug-likeness (QED) is 0.654. The van der Waals surface area contributed by atoms with Gasteiger partial charge in [-0.15, -0.1) is 0 Å². The molecular weight excluding hydrogens is 180 g/mol. The predicted octanol–water partition coefficient (Wildman–Crippen LogP) is 0.423. The Morgan fingerprint density at radius 1 is 1.36 bits per heavy atom. The molecule has 1 N–H and O–H groups in total. The van der Waals surface area contributed by atoms with E-state index in [1.54, 1.807) is 0 Å². The molecule has 0 aliphatic carbocycles. The highest BCUT2D eigenvalue weighted by atomic mass is 16.1. The van der Waals surface area contributed by atoms with Crippen molar-refractivity contribution < 1.29 is 9.59 Å². The summed E-state index contributed by atoms with van der Waals surface area (Å²) in [5.41, 5.74) is 0. The first-order valence-corrected chi connectivity index (χ1v) is 5.24. The molecule has 0 aromatic carbocycles. The molecule has 4 nitrogen and oxygen atoms in total. The molecule has 1 heterocycles. The van der Waals surface area contributed by atoms with Crippen molar-refractivity contribution in [2.75, 3.05) is 26.2 Å². The van der Waals surface area contributed by atoms with E-state index in [9.17, 15) is 9.59 Å². The van der Waals surface area contributed by atoms with Gasteiger partial charge in [0, 0.05) is 0 Å². The van der Waals surface area contributed by atoms with Crippen molar-refractivity contribution in [2.45, 2.75) is 26.7 Å². The highest BCUT2D eigenvalue weighted by Gasteiger charge is 2.14. The summed E-state index contributed by atoms with van der Waals surface area (Å²) in [5, 5.41) is 2.37. The third-order valence-corrected chi connectivity index (χ3v) is 1.98. The van der Waals surface area contributed by atoms with Crippen LogP contribution in [0.4, 0.5) is 0 Å². The molecule has 0 saturated carbocycles. The SMILES string of the molecule is CC.O=CNCC(=O)CN1CCCC1. The molecule has 0 bridgehead atoms. The zero-order valence-electron chi connectivity index (χ0n) is 9.08. The standard InChI is InChI=1S/C8H14N2O2.C2H6/c11-7-9-5-8(12)6-10-3-1-2-4-10;1-2/h7H,1-6H2,(H,9,11);1-2H3. The maximum absolute atomic E-state index is 11.1. The van der Waals surface area contributed by atoms with Gasteiger partial charge in [0.1, 0.15) is 0 Å². The summed E-state index contributed by atoms with van der Waals surface area (Å²) < 4.78 is 0. The van der Waals surface area contributed by atoms with Gasteiger partial charge in [-0.05, 0) is 25.9 Å². The normalized spacial score (nSPS) is 15.6. The summed E-state index contributed by atoms with van der Waals surface area (Å²) in [7, 11) is 0. The maximum Gasteiger partial charge on any atom is 0.207 e. The number of Topliss-reactive ketones (excluding diaryl/α,β-unsaturated/α-hetero) is 1. The van der Waals surface area contributed by atoms with Crippen LogP contribution in [-0.2, 0) is 9.59 Å². The molecule has 1 fully saturated rings. The Morgan fingerprint density at radius 3 is 2.43 bits per heavy atom. The molecule has 0 aromatic rings. The second-order valence-electron chi connectivity index (χ2n) is 3.02. The van der Waals surface area contributed by atoms with E-state index in [-0.39, 0.29) is 12.3 Å². The number of carbonyl (C=O) groups is 2. The first kappa shape index (κ1) is 13.1. The van der Waals surface area contributed by atoms with Crippen molar-refractivity contribution in [1.82, 2.24) is 10.2 Å². The van der Waals surface area contributed by atoms with Crippen LogP contribution in [0.15, 0.2) is 0 Å². The Morgan fingerprint density at radius 2 is 1.93 bits per heavy atom. The number of rotatable bonds is 5. The number of carbonyl (C=O) groups excluding carboxylic acids is 2. The molecule has 1 saturated heterocycles. The first-order valence-electron chi connectivity index (χ1n) is 5.24. The van der Waals surface area contributed by atoms with E-state index in [0.717, 1.165) is 13.1 Å². The summed E-state index contributed by atoms with van der Waals surface area (Å²) in [6.45, 7) is 6.69. The number of hydrogen-bond donors (Lipinski definition) is 1. The minimum Gasteiger partial charge on any atom is -0.352 e. The number of ketones is 1. The van der Waals surface area contributed by atoms with Crippen LogP contribution in [0.1, 0.15) is 26.7 Å². The van der Waals surface area contributed by atoms with Gasteiger partial charge in [-0.1, -0.05) is 13.8 Å². The van der Waals surface area contributed by atoms with Gasteiger partial charge < -0.3 is 5.32 Å². The van der Waals surface area contributed by atoms with E-state index >= 15 is 0 Å². The van der Waals surface area contributed by atoms with Crippen LogP contribution in [-0.4, -0.2) is 43.3 Å². The third kappa shape index (κ3) is 5.70. The minimum absolute atomic E-state index is 0.0870. The number of hydrogen-bond acceptors (Lipinski definition) is 3. The fourth-order valence-electron chi connectivity index (χ4n) is 1.40. The Bertz CT molecular complexity index is 166. The topological polar surface area (TPSA) is 49.4 Å². The Hall–Kier alpha value is -0.900. The van der Waals surface area contributed by atoms with Crippen LogP contribution in [0.25, 0.3) is 0 Å². The molecule has 0 unspecified atom stereocenters. The molecule has 1 aliphatic heterocycles. The van der Waals surface area contributed by atoms with E-state index in [1.807, 2.05) is 13.8 Å². The van der Waals surface area contributed by atoms with E-state index in [0.29, 0.717) is 13.0 Å². The van der Waals surface area contributed by atoms with Gasteiger partial charge in [0.2, 0.25) is 6.41 Å². The summed E-state index contributed by atoms with van der Waals surface area (Å²) >= 11 is 0. The summed E-state index contributed by atoms with van der Waals surface area (Å²) in [5.74, 6) is 0.0870. The second-order valence-corrected chi connectivity index (χ2v) is 3.02. The second kappa shape index (κ2) is 8.69. The smallest absolute Gasteiger partial charge is 0.207 e. The fraction of sp³-hybridized carbons (Fsp3) is 0.800. The third-order valence-electron chi connectivity index (χ3n) is 1.98. The summed E-state index contributed by atoms with van der Waals surface area (Å²) in [6, 6.07) is 0. The van der Waals surface area contributed by atoms with Crippen LogP contribution in [0.5, 0.6) is 0 Å². The van der Waals surface area contributed by atoms with Crippen LogP contribution in [0.2, 0.25) is 0 Å². The molecule has 1 aliphatic rings. The van der Waals surface area contributed by atoms with E-state index in [2.05, 4.69) is 10.2 Å². The number of likely N-dealkylation sites (tertiary alicyclic amines) is 1. The largest absolute Gasteiger partial charge is 0.352 e. The zero-order valence-corrected chi connectivity index (χ0v) is 9.08. The maximum atomic E-state index is 11.1. The zero-order chi connectivity index (χ0) is 10.8. The van der Waals surface area contributed by atoms with Crippen LogP contribution < -0.4 is 5.32 Å². The van der Waals surface area contributed by atoms with Crippen molar-refractivity contribution in [3.63, 3.8) is 0 Å². The van der Waals surface area contributed by atoms with Gasteiger partial charge >= 0.3 is 0 Å². The Labute approximate surface area is 85.7 Å². The van der Waals surface area contributed by atoms with E-state index < -0.39 is 0 Å². The lowest BCUT2D eigenvalue weighted by Gasteiger charge is -2.12. The minimum atomic E-state index is 0.0870. The summed E-state index contributed by atoms with van der Waals surface area (Å²) in [6.07, 6.45) is 2.94. The van der Waals surface area contributed by atoms with Crippen molar-refractivity contribution in [3.05, 3.63) is 0 Å². The van der Waals surface area contributed by atoms with Gasteiger partial charge in [0.15, 0.2) is 5.78 Å². The predicted molar refractivity (Wildman–Crippen MR) is 56.1 cm³/mol. The lowest BCUT2D eigenvalue weighted by molar-refractivity contribution is -0.121. The van der Waals surface area contributed by atoms with Crippen LogP contribution in [0, 0.1) is 0 Å². The number of nitrogens with one attached hydrogen (secondary N) is 1. The molecule has 1 amide bonds. The van der Waals surface area contributed by atoms with Gasteiger partial charge in [0.05, 0.1) is 13.1 Å². The lowest BCUT2D eigenvalue weighted by Crippen LogP contribution is -2.32. The molecule has 0 spiro atoms. The van der Waals surface area contributed by atoms with Crippen molar-refractivity contribution in [3.8, 4) is 0 Å². The molecular formula is C10H20N2O2. The first-order chi connectivity index (χ1) is 6.83. The Balaban J connectivity index is 0.000000791. The molecule has 1 rings (SSSR count). The molecule has 0 atom stereocenters. The molecule has 0 aromatic heterocycles. The van der Waals surface area contributed by atoms with Gasteiger partial charge in [0.25, 0.3) is 0 Å². The highest BCUT2D eigenvalue weighted by molar-refractivity contribution is 5.83. The van der Waals surface area contributed by atoms with E-state index in [1.165, 1.54) is 12.8 Å². The molecule has 82 valence electrons. The number of amides is 1. The van der Waals surface area contributed by atoms with Gasteiger partial charge in [-0.2, -0.15) is 0 Å². The molecule has 0 radical (unpaired) electrons. The monoisotopic (exact) mass is 200 g/mol. The van der Waals surface area contributed by atoms with E-state index in [4.69, 9.17) is 0 Å². The van der Waals surface area contributed by atoms with Gasteiger partial charge in [-0.25, -0.2) is 0 Å². The highest BCUT2D eigenvalue weighted by Crippen LogP contribution is 2.05. The summed E-state index contributed by atoms with van der Waals surface area (Å²) in [4.78, 5) is 23.1. The average molecular weight is 200 g/mol. The van der Waals surface area contributed by atoms with Crippen molar-refractivity contribution in [2.24, 2.45) is 0 Å². The van der Waals surface area contributed by atoms with Crippen molar-refractivity contribution in [1.29, 1.82) is 0 Å². The number of nitrogens with zero attached hydrogens (tertiary/aromatic N) is 1. The lowest BCUT2D eigenvalue weighted by atomic mass is 10.3. The molecule has 14 heavy (non-hydrogen) atoms. The van der Waals surface area contributed by atoms with Crippen molar-refractivity contribution >= 4 is 12.2 Å². The van der Waals surface area contributed by atoms with Gasteiger partial charge in [-0.3, -0.25) is 14.5 Å².